The summed E-state index contributed by atoms with van der Waals surface area (Å²) < 4.78 is 5.72. The maximum atomic E-state index is 12.3. The molecule has 7 heteroatoms. The smallest absolute Gasteiger partial charge is 0.319 e. The van der Waals surface area contributed by atoms with Gasteiger partial charge in [0.1, 0.15) is 0 Å². The average molecular weight is 340 g/mol. The second-order valence-corrected chi connectivity index (χ2v) is 7.25. The second-order valence-electron chi connectivity index (χ2n) is 7.25. The maximum Gasteiger partial charge on any atom is 0.319 e. The number of hydrogen-bond acceptors (Lipinski definition) is 4. The quantitative estimate of drug-likeness (QED) is 0.814. The number of likely N-dealkylation sites (tertiary alicyclic amines) is 1. The van der Waals surface area contributed by atoms with E-state index in [1.54, 1.807) is 19.0 Å². The first kappa shape index (κ1) is 19.0. The van der Waals surface area contributed by atoms with Crippen LogP contribution in [0.5, 0.6) is 0 Å². The van der Waals surface area contributed by atoms with Crippen LogP contribution in [0.2, 0.25) is 0 Å². The molecule has 0 aromatic rings. The van der Waals surface area contributed by atoms with Gasteiger partial charge in [-0.3, -0.25) is 9.69 Å². The minimum Gasteiger partial charge on any atom is -0.373 e. The van der Waals surface area contributed by atoms with Crippen LogP contribution in [0.3, 0.4) is 0 Å². The lowest BCUT2D eigenvalue weighted by atomic mass is 9.96. The highest BCUT2D eigenvalue weighted by Crippen LogP contribution is 2.18. The zero-order chi connectivity index (χ0) is 17.7. The number of piperidine rings is 1. The lowest BCUT2D eigenvalue weighted by Crippen LogP contribution is -2.49. The molecule has 0 aliphatic carbocycles. The summed E-state index contributed by atoms with van der Waals surface area (Å²) in [4.78, 5) is 30.0. The van der Waals surface area contributed by atoms with Crippen LogP contribution in [0.15, 0.2) is 0 Å². The molecule has 2 saturated heterocycles. The Hall–Kier alpha value is -1.34. The lowest BCUT2D eigenvalue weighted by molar-refractivity contribution is -0.126. The van der Waals surface area contributed by atoms with E-state index in [4.69, 9.17) is 4.74 Å². The molecular formula is C17H32N4O3. The predicted octanol–water partition coefficient (Wildman–Crippen LogP) is 0.605. The summed E-state index contributed by atoms with van der Waals surface area (Å²) in [6.45, 7) is 8.88. The molecule has 0 unspecified atom stereocenters. The molecule has 0 bridgehead atoms. The van der Waals surface area contributed by atoms with Gasteiger partial charge in [0, 0.05) is 59.3 Å². The molecule has 7 nitrogen and oxygen atoms in total. The van der Waals surface area contributed by atoms with E-state index in [2.05, 4.69) is 24.1 Å². The molecule has 0 aromatic heterocycles. The van der Waals surface area contributed by atoms with Crippen molar-refractivity contribution in [3.8, 4) is 0 Å². The molecule has 0 spiro atoms. The van der Waals surface area contributed by atoms with Crippen molar-refractivity contribution < 1.29 is 14.3 Å². The molecule has 24 heavy (non-hydrogen) atoms. The van der Waals surface area contributed by atoms with Crippen molar-refractivity contribution in [1.82, 2.24) is 20.0 Å². The van der Waals surface area contributed by atoms with Crippen molar-refractivity contribution >= 4 is 11.9 Å². The molecule has 1 N–H and O–H groups in total. The van der Waals surface area contributed by atoms with Gasteiger partial charge in [0.05, 0.1) is 12.2 Å². The van der Waals surface area contributed by atoms with Crippen molar-refractivity contribution in [1.29, 1.82) is 0 Å². The van der Waals surface area contributed by atoms with Crippen LogP contribution in [0.25, 0.3) is 0 Å². The van der Waals surface area contributed by atoms with Crippen LogP contribution in [0.4, 0.5) is 4.79 Å². The fraction of sp³-hybridized carbons (Fsp3) is 0.882. The Kier molecular flexibility index (Phi) is 6.86. The topological polar surface area (TPSA) is 65.1 Å². The van der Waals surface area contributed by atoms with Crippen LogP contribution in [-0.2, 0) is 9.53 Å². The summed E-state index contributed by atoms with van der Waals surface area (Å²) in [7, 11) is 3.52. The van der Waals surface area contributed by atoms with Gasteiger partial charge in [-0.05, 0) is 26.7 Å². The van der Waals surface area contributed by atoms with Crippen molar-refractivity contribution in [2.75, 3.05) is 53.4 Å². The molecular weight excluding hydrogens is 308 g/mol. The van der Waals surface area contributed by atoms with Gasteiger partial charge >= 0.3 is 6.03 Å². The number of hydrogen-bond donors (Lipinski definition) is 1. The molecule has 2 aliphatic rings. The molecule has 2 aliphatic heterocycles. The molecule has 2 atom stereocenters. The fourth-order valence-corrected chi connectivity index (χ4v) is 3.56. The van der Waals surface area contributed by atoms with E-state index in [1.807, 2.05) is 4.90 Å². The average Bonchev–Trinajstić information content (AvgIpc) is 2.53. The van der Waals surface area contributed by atoms with Gasteiger partial charge in [0.25, 0.3) is 0 Å². The first-order chi connectivity index (χ1) is 11.4. The molecule has 2 rings (SSSR count). The minimum absolute atomic E-state index is 0.0266. The summed E-state index contributed by atoms with van der Waals surface area (Å²) in [5.41, 5.74) is 0. The van der Waals surface area contributed by atoms with Crippen LogP contribution < -0.4 is 5.32 Å². The Morgan fingerprint density at radius 2 is 1.71 bits per heavy atom. The highest BCUT2D eigenvalue weighted by Gasteiger charge is 2.28. The van der Waals surface area contributed by atoms with Crippen LogP contribution in [-0.4, -0.2) is 92.2 Å². The molecule has 0 saturated carbocycles. The number of morpholine rings is 1. The first-order valence-corrected chi connectivity index (χ1v) is 8.98. The summed E-state index contributed by atoms with van der Waals surface area (Å²) in [6, 6.07) is 0.0319. The van der Waals surface area contributed by atoms with Gasteiger partial charge < -0.3 is 19.9 Å². The number of rotatable bonds is 4. The van der Waals surface area contributed by atoms with E-state index in [0.29, 0.717) is 19.6 Å². The lowest BCUT2D eigenvalue weighted by Gasteiger charge is -2.35. The fourth-order valence-electron chi connectivity index (χ4n) is 3.56. The van der Waals surface area contributed by atoms with E-state index in [-0.39, 0.29) is 30.1 Å². The predicted molar refractivity (Wildman–Crippen MR) is 92.8 cm³/mol. The molecule has 138 valence electrons. The summed E-state index contributed by atoms with van der Waals surface area (Å²) in [5, 5.41) is 3.06. The third kappa shape index (κ3) is 5.34. The van der Waals surface area contributed by atoms with E-state index >= 15 is 0 Å². The highest BCUT2D eigenvalue weighted by molar-refractivity contribution is 5.79. The Morgan fingerprint density at radius 1 is 1.12 bits per heavy atom. The first-order valence-electron chi connectivity index (χ1n) is 8.98. The van der Waals surface area contributed by atoms with Gasteiger partial charge in [-0.25, -0.2) is 4.79 Å². The summed E-state index contributed by atoms with van der Waals surface area (Å²) in [6.07, 6.45) is 2.00. The van der Waals surface area contributed by atoms with Crippen molar-refractivity contribution in [2.45, 2.75) is 38.9 Å². The second kappa shape index (κ2) is 8.67. The van der Waals surface area contributed by atoms with Gasteiger partial charge in [-0.1, -0.05) is 0 Å². The van der Waals surface area contributed by atoms with Gasteiger partial charge in [-0.15, -0.1) is 0 Å². The highest BCUT2D eigenvalue weighted by atomic mass is 16.5. The van der Waals surface area contributed by atoms with Crippen molar-refractivity contribution in [3.63, 3.8) is 0 Å². The Labute approximate surface area is 145 Å². The van der Waals surface area contributed by atoms with Gasteiger partial charge in [0.15, 0.2) is 0 Å². The Morgan fingerprint density at radius 3 is 2.25 bits per heavy atom. The third-order valence-corrected chi connectivity index (χ3v) is 4.74. The molecule has 2 heterocycles. The zero-order valence-corrected chi connectivity index (χ0v) is 15.5. The normalized spacial score (nSPS) is 26.2. The van der Waals surface area contributed by atoms with Crippen LogP contribution in [0, 0.1) is 5.92 Å². The number of nitrogens with zero attached hydrogens (tertiary/aromatic N) is 3. The van der Waals surface area contributed by atoms with E-state index in [9.17, 15) is 9.59 Å². The molecule has 2 fully saturated rings. The zero-order valence-electron chi connectivity index (χ0n) is 15.5. The van der Waals surface area contributed by atoms with E-state index < -0.39 is 0 Å². The van der Waals surface area contributed by atoms with Gasteiger partial charge in [-0.2, -0.15) is 0 Å². The number of nitrogens with one attached hydrogen (secondary N) is 1. The third-order valence-electron chi connectivity index (χ3n) is 4.74. The van der Waals surface area contributed by atoms with Crippen LogP contribution in [0.1, 0.15) is 26.7 Å². The number of carbonyl (C=O) groups excluding carboxylic acids is 2. The monoisotopic (exact) mass is 340 g/mol. The minimum atomic E-state index is 0.0266. The molecule has 0 aromatic carbocycles. The summed E-state index contributed by atoms with van der Waals surface area (Å²) >= 11 is 0. The number of amides is 3. The molecule has 3 amide bonds. The van der Waals surface area contributed by atoms with Crippen molar-refractivity contribution in [2.24, 2.45) is 5.92 Å². The van der Waals surface area contributed by atoms with E-state index in [0.717, 1.165) is 32.5 Å². The standard InChI is InChI=1S/C17H32N4O3/c1-13-11-20(12-14(2)24-13)10-7-18-16(22)15-5-8-21(9-6-15)17(23)19(3)4/h13-15H,5-12H2,1-4H3,(H,18,22)/t13-,14-/m1/s1. The number of urea groups is 1. The van der Waals surface area contributed by atoms with Gasteiger partial charge in [0.2, 0.25) is 5.91 Å². The Balaban J connectivity index is 1.66. The van der Waals surface area contributed by atoms with Crippen molar-refractivity contribution in [3.05, 3.63) is 0 Å². The number of ether oxygens (including phenoxy) is 1. The van der Waals surface area contributed by atoms with Crippen LogP contribution >= 0.6 is 0 Å². The maximum absolute atomic E-state index is 12.3. The van der Waals surface area contributed by atoms with E-state index in [1.165, 1.54) is 0 Å². The SMILES string of the molecule is C[C@@H]1CN(CCNC(=O)C2CCN(C(=O)N(C)C)CC2)C[C@@H](C)O1. The summed E-state index contributed by atoms with van der Waals surface area (Å²) in [5.74, 6) is 0.153. The Bertz CT molecular complexity index is 426. The number of carbonyl (C=O) groups is 2. The largest absolute Gasteiger partial charge is 0.373 e. The molecule has 0 radical (unpaired) electrons.